The molecule has 19 heavy (non-hydrogen) atoms. The number of halogens is 2. The molecule has 1 aromatic carbocycles. The molecular formula is C15H23Cl2NS. The van der Waals surface area contributed by atoms with Gasteiger partial charge in [-0.1, -0.05) is 56.1 Å². The number of hydrogen-bond donors (Lipinski definition) is 1. The lowest BCUT2D eigenvalue weighted by molar-refractivity contribution is 0.577. The maximum Gasteiger partial charge on any atom is 0.0640 e. The minimum Gasteiger partial charge on any atom is -0.309 e. The largest absolute Gasteiger partial charge is 0.309 e. The van der Waals surface area contributed by atoms with Gasteiger partial charge in [0.25, 0.3) is 0 Å². The van der Waals surface area contributed by atoms with Crippen LogP contribution < -0.4 is 5.32 Å². The van der Waals surface area contributed by atoms with Crippen molar-refractivity contribution in [2.24, 2.45) is 5.92 Å². The molecule has 108 valence electrons. The highest BCUT2D eigenvalue weighted by molar-refractivity contribution is 7.99. The Bertz CT molecular complexity index is 382. The minimum atomic E-state index is 0.273. The van der Waals surface area contributed by atoms with Crippen molar-refractivity contribution in [1.82, 2.24) is 5.32 Å². The summed E-state index contributed by atoms with van der Waals surface area (Å²) in [5.74, 6) is 2.91. The number of nitrogens with one attached hydrogen (secondary N) is 1. The molecule has 1 N–H and O–H groups in total. The molecular weight excluding hydrogens is 297 g/mol. The first-order valence-corrected chi connectivity index (χ1v) is 8.72. The van der Waals surface area contributed by atoms with E-state index < -0.39 is 0 Å². The van der Waals surface area contributed by atoms with Gasteiger partial charge in [0.15, 0.2) is 0 Å². The number of benzene rings is 1. The molecule has 0 spiro atoms. The summed E-state index contributed by atoms with van der Waals surface area (Å²) >= 11 is 14.4. The first kappa shape index (κ1) is 17.2. The predicted molar refractivity (Wildman–Crippen MR) is 89.7 cm³/mol. The molecule has 1 nitrogen and oxygen atoms in total. The Kier molecular flexibility index (Phi) is 8.24. The van der Waals surface area contributed by atoms with Crippen LogP contribution in [0.1, 0.15) is 38.8 Å². The molecule has 0 radical (unpaired) electrons. The lowest BCUT2D eigenvalue weighted by Gasteiger charge is -2.21. The molecule has 0 aromatic heterocycles. The SMILES string of the molecule is CCCNC(CSCC(C)C)c1cccc(Cl)c1Cl. The molecule has 0 saturated heterocycles. The lowest BCUT2D eigenvalue weighted by atomic mass is 10.1. The van der Waals surface area contributed by atoms with E-state index in [1.54, 1.807) is 0 Å². The van der Waals surface area contributed by atoms with Gasteiger partial charge in [-0.15, -0.1) is 0 Å². The first-order chi connectivity index (χ1) is 9.06. The van der Waals surface area contributed by atoms with Gasteiger partial charge in [-0.25, -0.2) is 0 Å². The molecule has 1 aromatic rings. The Morgan fingerprint density at radius 1 is 1.21 bits per heavy atom. The van der Waals surface area contributed by atoms with Crippen molar-refractivity contribution in [2.75, 3.05) is 18.1 Å². The normalized spacial score (nSPS) is 12.9. The van der Waals surface area contributed by atoms with Crippen molar-refractivity contribution < 1.29 is 0 Å². The molecule has 4 heteroatoms. The van der Waals surface area contributed by atoms with Crippen LogP contribution in [0, 0.1) is 5.92 Å². The van der Waals surface area contributed by atoms with Crippen LogP contribution in [0.5, 0.6) is 0 Å². The van der Waals surface area contributed by atoms with Crippen LogP contribution in [-0.4, -0.2) is 18.1 Å². The maximum absolute atomic E-state index is 6.33. The van der Waals surface area contributed by atoms with Crippen molar-refractivity contribution in [3.8, 4) is 0 Å². The summed E-state index contributed by atoms with van der Waals surface area (Å²) in [6.07, 6.45) is 1.11. The van der Waals surface area contributed by atoms with E-state index in [1.165, 1.54) is 5.75 Å². The van der Waals surface area contributed by atoms with Crippen molar-refractivity contribution in [3.05, 3.63) is 33.8 Å². The summed E-state index contributed by atoms with van der Waals surface area (Å²) in [6.45, 7) is 7.66. The number of rotatable bonds is 8. The average Bonchev–Trinajstić information content (AvgIpc) is 2.37. The standard InChI is InChI=1S/C15H23Cl2NS/c1-4-8-18-14(10-19-9-11(2)3)12-6-5-7-13(16)15(12)17/h5-7,11,14,18H,4,8-10H2,1-3H3. The molecule has 0 aliphatic heterocycles. The molecule has 0 saturated carbocycles. The van der Waals surface area contributed by atoms with Crippen LogP contribution in [0.25, 0.3) is 0 Å². The van der Waals surface area contributed by atoms with Crippen LogP contribution in [0.15, 0.2) is 18.2 Å². The zero-order valence-corrected chi connectivity index (χ0v) is 14.2. The number of thioether (sulfide) groups is 1. The fourth-order valence-electron chi connectivity index (χ4n) is 1.79. The van der Waals surface area contributed by atoms with Gasteiger partial charge in [0.05, 0.1) is 10.0 Å². The highest BCUT2D eigenvalue weighted by Crippen LogP contribution is 2.31. The second kappa shape index (κ2) is 9.12. The van der Waals surface area contributed by atoms with E-state index >= 15 is 0 Å². The molecule has 0 amide bonds. The van der Waals surface area contributed by atoms with Gasteiger partial charge in [-0.05, 0) is 36.3 Å². The molecule has 1 rings (SSSR count). The van der Waals surface area contributed by atoms with E-state index in [-0.39, 0.29) is 6.04 Å². The Morgan fingerprint density at radius 2 is 1.95 bits per heavy atom. The van der Waals surface area contributed by atoms with Crippen LogP contribution in [0.4, 0.5) is 0 Å². The number of hydrogen-bond acceptors (Lipinski definition) is 2. The molecule has 0 aliphatic rings. The summed E-state index contributed by atoms with van der Waals surface area (Å²) in [7, 11) is 0. The van der Waals surface area contributed by atoms with Crippen molar-refractivity contribution >= 4 is 35.0 Å². The summed E-state index contributed by atoms with van der Waals surface area (Å²) in [5.41, 5.74) is 1.11. The second-order valence-electron chi connectivity index (χ2n) is 5.08. The smallest absolute Gasteiger partial charge is 0.0640 e. The minimum absolute atomic E-state index is 0.273. The van der Waals surface area contributed by atoms with E-state index in [4.69, 9.17) is 23.2 Å². The van der Waals surface area contributed by atoms with Crippen molar-refractivity contribution in [2.45, 2.75) is 33.2 Å². The van der Waals surface area contributed by atoms with Gasteiger partial charge >= 0.3 is 0 Å². The van der Waals surface area contributed by atoms with E-state index in [0.717, 1.165) is 24.3 Å². The highest BCUT2D eigenvalue weighted by atomic mass is 35.5. The molecule has 0 heterocycles. The summed E-state index contributed by atoms with van der Waals surface area (Å²) in [5, 5.41) is 4.88. The van der Waals surface area contributed by atoms with Crippen molar-refractivity contribution in [1.29, 1.82) is 0 Å². The molecule has 1 unspecified atom stereocenters. The lowest BCUT2D eigenvalue weighted by Crippen LogP contribution is -2.24. The topological polar surface area (TPSA) is 12.0 Å². The van der Waals surface area contributed by atoms with Gasteiger partial charge < -0.3 is 5.32 Å². The average molecular weight is 320 g/mol. The van der Waals surface area contributed by atoms with Gasteiger partial charge in [-0.2, -0.15) is 11.8 Å². The van der Waals surface area contributed by atoms with E-state index in [1.807, 2.05) is 23.9 Å². The Hall–Kier alpha value is 0.110. The Labute approximate surface area is 131 Å². The van der Waals surface area contributed by atoms with Gasteiger partial charge in [-0.3, -0.25) is 0 Å². The zero-order chi connectivity index (χ0) is 14.3. The third-order valence-corrected chi connectivity index (χ3v) is 5.04. The fourth-order valence-corrected chi connectivity index (χ4v) is 3.37. The van der Waals surface area contributed by atoms with Gasteiger partial charge in [0.1, 0.15) is 0 Å². The zero-order valence-electron chi connectivity index (χ0n) is 11.9. The van der Waals surface area contributed by atoms with Gasteiger partial charge in [0.2, 0.25) is 0 Å². The maximum atomic E-state index is 6.33. The quantitative estimate of drug-likeness (QED) is 0.686. The molecule has 0 aliphatic carbocycles. The fraction of sp³-hybridized carbons (Fsp3) is 0.600. The predicted octanol–water partition coefficient (Wildman–Crippen LogP) is 5.42. The molecule has 0 bridgehead atoms. The highest BCUT2D eigenvalue weighted by Gasteiger charge is 2.15. The monoisotopic (exact) mass is 319 g/mol. The molecule has 1 atom stereocenters. The summed E-state index contributed by atoms with van der Waals surface area (Å²) in [4.78, 5) is 0. The van der Waals surface area contributed by atoms with Crippen LogP contribution in [0.2, 0.25) is 10.0 Å². The third kappa shape index (κ3) is 5.95. The Morgan fingerprint density at radius 3 is 2.58 bits per heavy atom. The third-order valence-electron chi connectivity index (χ3n) is 2.73. The van der Waals surface area contributed by atoms with Crippen LogP contribution in [-0.2, 0) is 0 Å². The van der Waals surface area contributed by atoms with E-state index in [0.29, 0.717) is 16.0 Å². The second-order valence-corrected chi connectivity index (χ2v) is 6.94. The summed E-state index contributed by atoms with van der Waals surface area (Å²) in [6, 6.07) is 6.15. The van der Waals surface area contributed by atoms with Crippen LogP contribution in [0.3, 0.4) is 0 Å². The summed E-state index contributed by atoms with van der Waals surface area (Å²) < 4.78 is 0. The molecule has 0 fully saturated rings. The van der Waals surface area contributed by atoms with Crippen molar-refractivity contribution in [3.63, 3.8) is 0 Å². The van der Waals surface area contributed by atoms with Crippen LogP contribution >= 0.6 is 35.0 Å². The van der Waals surface area contributed by atoms with E-state index in [9.17, 15) is 0 Å². The first-order valence-electron chi connectivity index (χ1n) is 6.81. The Balaban J connectivity index is 2.74. The van der Waals surface area contributed by atoms with Gasteiger partial charge in [0, 0.05) is 11.8 Å². The van der Waals surface area contributed by atoms with E-state index in [2.05, 4.69) is 32.2 Å².